The molecule has 0 radical (unpaired) electrons. The number of primary amides is 1. The standard InChI is InChI=1S/C20H17N3O2/c21-19(24)13-3-1-12(2-4-13)17-10-18(17)20(25)23-16-6-5-15-11-22-8-7-14(15)9-16/h1-9,11,17-18H,10H2,(H2,21,24)(H,23,25)/t17-,18+/m0/s1. The maximum atomic E-state index is 12.5. The van der Waals surface area contributed by atoms with E-state index in [-0.39, 0.29) is 17.7 Å². The highest BCUT2D eigenvalue weighted by Gasteiger charge is 2.43. The van der Waals surface area contributed by atoms with Gasteiger partial charge in [0.1, 0.15) is 0 Å². The summed E-state index contributed by atoms with van der Waals surface area (Å²) in [6.07, 6.45) is 4.35. The highest BCUT2D eigenvalue weighted by Crippen LogP contribution is 2.48. The van der Waals surface area contributed by atoms with Gasteiger partial charge >= 0.3 is 0 Å². The van der Waals surface area contributed by atoms with Crippen LogP contribution in [-0.4, -0.2) is 16.8 Å². The van der Waals surface area contributed by atoms with Crippen molar-refractivity contribution in [1.82, 2.24) is 4.98 Å². The first-order chi connectivity index (χ1) is 12.1. The van der Waals surface area contributed by atoms with E-state index >= 15 is 0 Å². The van der Waals surface area contributed by atoms with Crippen molar-refractivity contribution in [2.24, 2.45) is 11.7 Å². The van der Waals surface area contributed by atoms with Gasteiger partial charge in [-0.25, -0.2) is 0 Å². The number of aromatic nitrogens is 1. The second kappa shape index (κ2) is 6.02. The van der Waals surface area contributed by atoms with E-state index in [1.807, 2.05) is 36.4 Å². The van der Waals surface area contributed by atoms with E-state index in [0.29, 0.717) is 5.56 Å². The van der Waals surface area contributed by atoms with Crippen molar-refractivity contribution in [3.05, 3.63) is 72.1 Å². The SMILES string of the molecule is NC(=O)c1ccc([C@@H]2C[C@H]2C(=O)Nc2ccc3cnccc3c2)cc1. The quantitative estimate of drug-likeness (QED) is 0.770. The lowest BCUT2D eigenvalue weighted by Crippen LogP contribution is -2.14. The van der Waals surface area contributed by atoms with E-state index in [9.17, 15) is 9.59 Å². The molecule has 1 aromatic heterocycles. The van der Waals surface area contributed by atoms with Gasteiger partial charge in [0.2, 0.25) is 11.8 Å². The fourth-order valence-corrected chi connectivity index (χ4v) is 3.14. The molecule has 2 aromatic carbocycles. The van der Waals surface area contributed by atoms with Crippen LogP contribution in [0, 0.1) is 5.92 Å². The molecule has 0 saturated heterocycles. The fourth-order valence-electron chi connectivity index (χ4n) is 3.14. The summed E-state index contributed by atoms with van der Waals surface area (Å²) in [6, 6.07) is 14.9. The summed E-state index contributed by atoms with van der Waals surface area (Å²) in [5.41, 5.74) is 7.59. The van der Waals surface area contributed by atoms with Gasteiger partial charge in [0.15, 0.2) is 0 Å². The monoisotopic (exact) mass is 331 g/mol. The Morgan fingerprint density at radius 1 is 1.04 bits per heavy atom. The lowest BCUT2D eigenvalue weighted by Gasteiger charge is -2.07. The second-order valence-corrected chi connectivity index (χ2v) is 6.36. The van der Waals surface area contributed by atoms with Crippen LogP contribution in [0.1, 0.15) is 28.3 Å². The normalized spacial score (nSPS) is 18.7. The first kappa shape index (κ1) is 15.3. The molecule has 124 valence electrons. The minimum absolute atomic E-state index is 0.0254. The number of carbonyl (C=O) groups excluding carboxylic acids is 2. The van der Waals surface area contributed by atoms with Crippen molar-refractivity contribution in [3.63, 3.8) is 0 Å². The third-order valence-electron chi connectivity index (χ3n) is 4.66. The van der Waals surface area contributed by atoms with E-state index in [0.717, 1.165) is 28.4 Å². The molecule has 0 spiro atoms. The first-order valence-corrected chi connectivity index (χ1v) is 8.16. The summed E-state index contributed by atoms with van der Waals surface area (Å²) in [7, 11) is 0. The van der Waals surface area contributed by atoms with E-state index in [1.165, 1.54) is 0 Å². The Balaban J connectivity index is 1.44. The van der Waals surface area contributed by atoms with Crippen molar-refractivity contribution >= 4 is 28.3 Å². The van der Waals surface area contributed by atoms with Crippen LogP contribution in [0.3, 0.4) is 0 Å². The molecule has 3 N–H and O–H groups in total. The van der Waals surface area contributed by atoms with Gasteiger partial charge in [-0.3, -0.25) is 14.6 Å². The van der Waals surface area contributed by atoms with Crippen LogP contribution in [-0.2, 0) is 4.79 Å². The van der Waals surface area contributed by atoms with Crippen LogP contribution >= 0.6 is 0 Å². The summed E-state index contributed by atoms with van der Waals surface area (Å²) >= 11 is 0. The van der Waals surface area contributed by atoms with Crippen LogP contribution in [0.5, 0.6) is 0 Å². The van der Waals surface area contributed by atoms with Crippen molar-refractivity contribution in [1.29, 1.82) is 0 Å². The molecule has 1 aliphatic rings. The van der Waals surface area contributed by atoms with E-state index < -0.39 is 5.91 Å². The predicted molar refractivity (Wildman–Crippen MR) is 96.2 cm³/mol. The molecule has 2 atom stereocenters. The van der Waals surface area contributed by atoms with Gasteiger partial charge in [-0.2, -0.15) is 0 Å². The summed E-state index contributed by atoms with van der Waals surface area (Å²) in [5.74, 6) is -0.250. The topological polar surface area (TPSA) is 85.1 Å². The Kier molecular flexibility index (Phi) is 3.69. The molecule has 1 fully saturated rings. The number of carbonyl (C=O) groups is 2. The number of amides is 2. The molecule has 0 aliphatic heterocycles. The Labute approximate surface area is 144 Å². The average molecular weight is 331 g/mol. The molecule has 3 aromatic rings. The minimum Gasteiger partial charge on any atom is -0.366 e. The van der Waals surface area contributed by atoms with E-state index in [4.69, 9.17) is 5.73 Å². The number of benzene rings is 2. The molecule has 5 heteroatoms. The van der Waals surface area contributed by atoms with E-state index in [2.05, 4.69) is 10.3 Å². The predicted octanol–water partition coefficient (Wildman–Crippen LogP) is 3.08. The molecule has 4 rings (SSSR count). The molecule has 0 unspecified atom stereocenters. The maximum Gasteiger partial charge on any atom is 0.248 e. The number of anilines is 1. The number of rotatable bonds is 4. The zero-order valence-corrected chi connectivity index (χ0v) is 13.5. The van der Waals surface area contributed by atoms with Gasteiger partial charge in [-0.15, -0.1) is 0 Å². The number of hydrogen-bond donors (Lipinski definition) is 2. The molecular weight excluding hydrogens is 314 g/mol. The van der Waals surface area contributed by atoms with Crippen LogP contribution in [0.25, 0.3) is 10.8 Å². The van der Waals surface area contributed by atoms with Gasteiger partial charge in [-0.1, -0.05) is 18.2 Å². The zero-order chi connectivity index (χ0) is 17.4. The number of nitrogens with two attached hydrogens (primary N) is 1. The number of nitrogens with zero attached hydrogens (tertiary/aromatic N) is 1. The largest absolute Gasteiger partial charge is 0.366 e. The van der Waals surface area contributed by atoms with Gasteiger partial charge in [0.05, 0.1) is 0 Å². The number of hydrogen-bond acceptors (Lipinski definition) is 3. The van der Waals surface area contributed by atoms with Crippen LogP contribution in [0.2, 0.25) is 0 Å². The van der Waals surface area contributed by atoms with Gasteiger partial charge in [0, 0.05) is 34.9 Å². The van der Waals surface area contributed by atoms with Gasteiger partial charge in [-0.05, 0) is 53.6 Å². The minimum atomic E-state index is -0.442. The Morgan fingerprint density at radius 3 is 2.60 bits per heavy atom. The lowest BCUT2D eigenvalue weighted by molar-refractivity contribution is -0.117. The van der Waals surface area contributed by atoms with Crippen molar-refractivity contribution in [2.45, 2.75) is 12.3 Å². The second-order valence-electron chi connectivity index (χ2n) is 6.36. The molecule has 1 aliphatic carbocycles. The first-order valence-electron chi connectivity index (χ1n) is 8.16. The Hall–Kier alpha value is -3.21. The summed E-state index contributed by atoms with van der Waals surface area (Å²) in [6.45, 7) is 0. The van der Waals surface area contributed by atoms with Gasteiger partial charge < -0.3 is 11.1 Å². The molecule has 0 bridgehead atoms. The third kappa shape index (κ3) is 3.08. The number of nitrogens with one attached hydrogen (secondary N) is 1. The fraction of sp³-hybridized carbons (Fsp3) is 0.150. The lowest BCUT2D eigenvalue weighted by atomic mass is 10.1. The molecule has 2 amide bonds. The number of pyridine rings is 1. The summed E-state index contributed by atoms with van der Waals surface area (Å²) in [4.78, 5) is 27.7. The van der Waals surface area contributed by atoms with E-state index in [1.54, 1.807) is 24.5 Å². The van der Waals surface area contributed by atoms with Gasteiger partial charge in [0.25, 0.3) is 0 Å². The molecular formula is C20H17N3O2. The summed E-state index contributed by atoms with van der Waals surface area (Å²) < 4.78 is 0. The van der Waals surface area contributed by atoms with Crippen LogP contribution in [0.4, 0.5) is 5.69 Å². The average Bonchev–Trinajstić information content (AvgIpc) is 3.42. The zero-order valence-electron chi connectivity index (χ0n) is 13.5. The van der Waals surface area contributed by atoms with Crippen LogP contribution in [0.15, 0.2) is 60.9 Å². The highest BCUT2D eigenvalue weighted by molar-refractivity contribution is 5.97. The molecule has 1 heterocycles. The van der Waals surface area contributed by atoms with Crippen molar-refractivity contribution < 1.29 is 9.59 Å². The number of fused-ring (bicyclic) bond motifs is 1. The molecule has 5 nitrogen and oxygen atoms in total. The smallest absolute Gasteiger partial charge is 0.248 e. The summed E-state index contributed by atoms with van der Waals surface area (Å²) in [5, 5.41) is 5.08. The van der Waals surface area contributed by atoms with Crippen LogP contribution < -0.4 is 11.1 Å². The Bertz CT molecular complexity index is 966. The third-order valence-corrected chi connectivity index (χ3v) is 4.66. The molecule has 25 heavy (non-hydrogen) atoms. The van der Waals surface area contributed by atoms with Crippen molar-refractivity contribution in [3.8, 4) is 0 Å². The maximum absolute atomic E-state index is 12.5. The highest BCUT2D eigenvalue weighted by atomic mass is 16.2. The molecule has 1 saturated carbocycles. The van der Waals surface area contributed by atoms with Crippen molar-refractivity contribution in [2.75, 3.05) is 5.32 Å². The Morgan fingerprint density at radius 2 is 1.84 bits per heavy atom.